The molecule has 0 amide bonds. The predicted octanol–water partition coefficient (Wildman–Crippen LogP) is 5.05. The molecule has 0 spiro atoms. The third kappa shape index (κ3) is 3.76. The predicted molar refractivity (Wildman–Crippen MR) is 107 cm³/mol. The van der Waals surface area contributed by atoms with Crippen LogP contribution in [0.5, 0.6) is 11.5 Å². The molecule has 5 nitrogen and oxygen atoms in total. The standard InChI is InChI=1S/C21H19ClN2O3/c1-13(2)27-16-9-10-17-18(11-16)24(21(25)20(23-3)19(17)22)12-14-5-7-15(26-4)8-6-14/h5-11,13H,12H2,1-2,4H3. The minimum absolute atomic E-state index is 0.00203. The Morgan fingerprint density at radius 1 is 1.15 bits per heavy atom. The molecular weight excluding hydrogens is 364 g/mol. The fourth-order valence-corrected chi connectivity index (χ4v) is 3.17. The van der Waals surface area contributed by atoms with Crippen LogP contribution in [0.3, 0.4) is 0 Å². The third-order valence-electron chi connectivity index (χ3n) is 4.14. The molecule has 1 heterocycles. The molecule has 2 aromatic carbocycles. The van der Waals surface area contributed by atoms with Crippen molar-refractivity contribution in [2.75, 3.05) is 7.11 Å². The van der Waals surface area contributed by atoms with Gasteiger partial charge in [0.15, 0.2) is 0 Å². The maximum atomic E-state index is 12.9. The monoisotopic (exact) mass is 382 g/mol. The summed E-state index contributed by atoms with van der Waals surface area (Å²) in [6.45, 7) is 11.5. The molecule has 0 fully saturated rings. The van der Waals surface area contributed by atoms with E-state index in [1.54, 1.807) is 29.9 Å². The van der Waals surface area contributed by atoms with Crippen LogP contribution in [0.25, 0.3) is 15.7 Å². The Morgan fingerprint density at radius 2 is 1.81 bits per heavy atom. The second kappa shape index (κ2) is 7.73. The van der Waals surface area contributed by atoms with Crippen molar-refractivity contribution in [1.82, 2.24) is 4.57 Å². The molecule has 0 unspecified atom stereocenters. The van der Waals surface area contributed by atoms with Gasteiger partial charge in [0.05, 0.1) is 30.3 Å². The molecule has 0 saturated carbocycles. The summed E-state index contributed by atoms with van der Waals surface area (Å²) in [7, 11) is 1.60. The number of ether oxygens (including phenoxy) is 2. The zero-order valence-corrected chi connectivity index (χ0v) is 16.1. The second-order valence-electron chi connectivity index (χ2n) is 6.36. The van der Waals surface area contributed by atoms with E-state index in [2.05, 4.69) is 4.85 Å². The Labute approximate surface area is 162 Å². The highest BCUT2D eigenvalue weighted by atomic mass is 35.5. The number of hydrogen-bond acceptors (Lipinski definition) is 3. The van der Waals surface area contributed by atoms with Crippen molar-refractivity contribution in [2.24, 2.45) is 0 Å². The molecule has 1 aromatic heterocycles. The minimum atomic E-state index is -0.417. The molecule has 27 heavy (non-hydrogen) atoms. The number of methoxy groups -OCH3 is 1. The van der Waals surface area contributed by atoms with Crippen LogP contribution in [0, 0.1) is 6.57 Å². The lowest BCUT2D eigenvalue weighted by atomic mass is 10.1. The van der Waals surface area contributed by atoms with Gasteiger partial charge in [0.2, 0.25) is 0 Å². The van der Waals surface area contributed by atoms with Crippen molar-refractivity contribution in [3.05, 3.63) is 74.8 Å². The quantitative estimate of drug-likeness (QED) is 0.580. The molecule has 138 valence electrons. The van der Waals surface area contributed by atoms with E-state index in [0.29, 0.717) is 23.2 Å². The fourth-order valence-electron chi connectivity index (χ4n) is 2.89. The zero-order valence-electron chi connectivity index (χ0n) is 15.3. The minimum Gasteiger partial charge on any atom is -0.497 e. The molecule has 3 rings (SSSR count). The first kappa shape index (κ1) is 18.8. The third-order valence-corrected chi connectivity index (χ3v) is 4.52. The average Bonchev–Trinajstić information content (AvgIpc) is 2.65. The summed E-state index contributed by atoms with van der Waals surface area (Å²) >= 11 is 6.34. The Morgan fingerprint density at radius 3 is 2.41 bits per heavy atom. The molecule has 0 aliphatic heterocycles. The van der Waals surface area contributed by atoms with Gasteiger partial charge in [-0.2, -0.15) is 0 Å². The van der Waals surface area contributed by atoms with Crippen molar-refractivity contribution in [1.29, 1.82) is 0 Å². The van der Waals surface area contributed by atoms with Gasteiger partial charge < -0.3 is 14.0 Å². The SMILES string of the molecule is [C-]#[N+]c1c(Cl)c2ccc(OC(C)C)cc2n(Cc2ccc(OC)cc2)c1=O. The average molecular weight is 383 g/mol. The number of fused-ring (bicyclic) bond motifs is 1. The highest BCUT2D eigenvalue weighted by Gasteiger charge is 2.17. The van der Waals surface area contributed by atoms with E-state index in [1.165, 1.54) is 0 Å². The van der Waals surface area contributed by atoms with Crippen LogP contribution >= 0.6 is 11.6 Å². The second-order valence-corrected chi connectivity index (χ2v) is 6.74. The summed E-state index contributed by atoms with van der Waals surface area (Å²) in [5.74, 6) is 1.38. The van der Waals surface area contributed by atoms with Gasteiger partial charge in [0, 0.05) is 18.0 Å². The Balaban J connectivity index is 2.20. The van der Waals surface area contributed by atoms with E-state index in [1.807, 2.05) is 38.1 Å². The summed E-state index contributed by atoms with van der Waals surface area (Å²) in [5, 5.41) is 0.818. The molecule has 0 saturated heterocycles. The van der Waals surface area contributed by atoms with Gasteiger partial charge in [-0.25, -0.2) is 4.85 Å². The first-order valence-corrected chi connectivity index (χ1v) is 8.85. The molecule has 6 heteroatoms. The molecule has 0 radical (unpaired) electrons. The van der Waals surface area contributed by atoms with Crippen molar-refractivity contribution in [2.45, 2.75) is 26.5 Å². The van der Waals surface area contributed by atoms with Crippen LogP contribution in [-0.2, 0) is 6.54 Å². The number of pyridine rings is 1. The van der Waals surface area contributed by atoms with Crippen molar-refractivity contribution < 1.29 is 9.47 Å². The fraction of sp³-hybridized carbons (Fsp3) is 0.238. The Kier molecular flexibility index (Phi) is 5.38. The summed E-state index contributed by atoms with van der Waals surface area (Å²) in [5.41, 5.74) is 1.05. The highest BCUT2D eigenvalue weighted by Crippen LogP contribution is 2.32. The lowest BCUT2D eigenvalue weighted by Gasteiger charge is -2.16. The molecule has 0 N–H and O–H groups in total. The van der Waals surface area contributed by atoms with Gasteiger partial charge >= 0.3 is 0 Å². The lowest BCUT2D eigenvalue weighted by Crippen LogP contribution is -2.21. The van der Waals surface area contributed by atoms with Crippen LogP contribution in [0.2, 0.25) is 5.02 Å². The molecule has 0 atom stereocenters. The van der Waals surface area contributed by atoms with Crippen LogP contribution in [0.1, 0.15) is 19.4 Å². The smallest absolute Gasteiger partial charge is 0.269 e. The number of aromatic nitrogens is 1. The van der Waals surface area contributed by atoms with E-state index in [4.69, 9.17) is 27.6 Å². The van der Waals surface area contributed by atoms with Gasteiger partial charge in [-0.3, -0.25) is 4.79 Å². The van der Waals surface area contributed by atoms with E-state index in [-0.39, 0.29) is 16.8 Å². The van der Waals surface area contributed by atoms with Gasteiger partial charge in [0.25, 0.3) is 11.2 Å². The molecule has 0 aliphatic rings. The van der Waals surface area contributed by atoms with Crippen molar-refractivity contribution >= 4 is 28.2 Å². The first-order chi connectivity index (χ1) is 12.9. The van der Waals surface area contributed by atoms with Crippen LogP contribution in [0.4, 0.5) is 5.69 Å². The maximum absolute atomic E-state index is 12.9. The summed E-state index contributed by atoms with van der Waals surface area (Å²) in [6, 6.07) is 12.8. The maximum Gasteiger partial charge on any atom is 0.269 e. The van der Waals surface area contributed by atoms with Crippen LogP contribution < -0.4 is 15.0 Å². The van der Waals surface area contributed by atoms with E-state index in [0.717, 1.165) is 11.3 Å². The number of benzene rings is 2. The first-order valence-electron chi connectivity index (χ1n) is 8.47. The number of halogens is 1. The van der Waals surface area contributed by atoms with Crippen LogP contribution in [0.15, 0.2) is 47.3 Å². The molecule has 0 bridgehead atoms. The van der Waals surface area contributed by atoms with Gasteiger partial charge in [-0.1, -0.05) is 23.7 Å². The number of hydrogen-bond donors (Lipinski definition) is 0. The molecule has 0 aliphatic carbocycles. The van der Waals surface area contributed by atoms with Gasteiger partial charge in [-0.05, 0) is 43.7 Å². The summed E-state index contributed by atoms with van der Waals surface area (Å²) < 4.78 is 12.5. The number of nitrogens with zero attached hydrogens (tertiary/aromatic N) is 2. The lowest BCUT2D eigenvalue weighted by molar-refractivity contribution is 0.242. The normalized spacial score (nSPS) is 10.8. The molecule has 3 aromatic rings. The van der Waals surface area contributed by atoms with Crippen molar-refractivity contribution in [3.8, 4) is 11.5 Å². The van der Waals surface area contributed by atoms with Crippen molar-refractivity contribution in [3.63, 3.8) is 0 Å². The van der Waals surface area contributed by atoms with E-state index in [9.17, 15) is 4.79 Å². The largest absolute Gasteiger partial charge is 0.497 e. The van der Waals surface area contributed by atoms with E-state index < -0.39 is 5.56 Å². The van der Waals surface area contributed by atoms with Gasteiger partial charge in [-0.15, -0.1) is 0 Å². The summed E-state index contributed by atoms with van der Waals surface area (Å²) in [4.78, 5) is 16.2. The molecular formula is C21H19ClN2O3. The van der Waals surface area contributed by atoms with Crippen LogP contribution in [-0.4, -0.2) is 17.8 Å². The highest BCUT2D eigenvalue weighted by molar-refractivity contribution is 6.38. The van der Waals surface area contributed by atoms with Gasteiger partial charge in [0.1, 0.15) is 11.5 Å². The van der Waals surface area contributed by atoms with E-state index >= 15 is 0 Å². The Hall–Kier alpha value is -2.97. The zero-order chi connectivity index (χ0) is 19.6. The Bertz CT molecular complexity index is 1080. The number of rotatable bonds is 5. The topological polar surface area (TPSA) is 44.8 Å². The summed E-state index contributed by atoms with van der Waals surface area (Å²) in [6.07, 6.45) is 0.00203.